The molecular formula is C16H20N2O. The highest BCUT2D eigenvalue weighted by Gasteiger charge is 2.27. The Morgan fingerprint density at radius 1 is 1.21 bits per heavy atom. The lowest BCUT2D eigenvalue weighted by atomic mass is 9.87. The normalized spacial score (nSPS) is 14.2. The number of carbonyl (C=O) groups excluding carboxylic acids is 1. The van der Waals surface area contributed by atoms with E-state index in [9.17, 15) is 4.79 Å². The summed E-state index contributed by atoms with van der Waals surface area (Å²) in [6.07, 6.45) is 0.291. The maximum Gasteiger partial charge on any atom is 0.219 e. The van der Waals surface area contributed by atoms with Gasteiger partial charge in [-0.05, 0) is 35.9 Å². The molecule has 0 aliphatic heterocycles. The Kier molecular flexibility index (Phi) is 3.86. The van der Waals surface area contributed by atoms with Gasteiger partial charge in [0.1, 0.15) is 0 Å². The molecule has 1 unspecified atom stereocenters. The van der Waals surface area contributed by atoms with Crippen molar-refractivity contribution in [2.75, 3.05) is 6.54 Å². The summed E-state index contributed by atoms with van der Waals surface area (Å²) in [5.41, 5.74) is 6.06. The number of carbonyl (C=O) groups is 1. The number of amides is 1. The number of primary amides is 1. The Balaban J connectivity index is 2.46. The molecule has 2 aromatic rings. The molecule has 0 heterocycles. The van der Waals surface area contributed by atoms with Gasteiger partial charge >= 0.3 is 0 Å². The standard InChI is InChI=1S/C16H20N2O/c1-3-18-16(2,11-15(17)19)14-9-8-12-6-4-5-7-13(12)10-14/h4-10,18H,3,11H2,1-2H3,(H2,17,19). The molecule has 3 N–H and O–H groups in total. The van der Waals surface area contributed by atoms with Gasteiger partial charge in [0.15, 0.2) is 0 Å². The lowest BCUT2D eigenvalue weighted by molar-refractivity contribution is -0.119. The van der Waals surface area contributed by atoms with Crippen molar-refractivity contribution in [3.05, 3.63) is 48.0 Å². The van der Waals surface area contributed by atoms with Crippen LogP contribution in [0.25, 0.3) is 10.8 Å². The lowest BCUT2D eigenvalue weighted by Gasteiger charge is -2.30. The van der Waals surface area contributed by atoms with Gasteiger partial charge in [0.25, 0.3) is 0 Å². The molecule has 0 saturated carbocycles. The molecule has 100 valence electrons. The molecule has 19 heavy (non-hydrogen) atoms. The van der Waals surface area contributed by atoms with E-state index in [4.69, 9.17) is 5.73 Å². The third-order valence-corrected chi connectivity index (χ3v) is 3.48. The van der Waals surface area contributed by atoms with Crippen LogP contribution < -0.4 is 11.1 Å². The van der Waals surface area contributed by atoms with Gasteiger partial charge in [0.2, 0.25) is 5.91 Å². The first-order valence-corrected chi connectivity index (χ1v) is 6.58. The Hall–Kier alpha value is -1.87. The first-order valence-electron chi connectivity index (χ1n) is 6.58. The second-order valence-corrected chi connectivity index (χ2v) is 5.07. The lowest BCUT2D eigenvalue weighted by Crippen LogP contribution is -2.42. The number of rotatable bonds is 5. The second-order valence-electron chi connectivity index (χ2n) is 5.07. The minimum Gasteiger partial charge on any atom is -0.370 e. The van der Waals surface area contributed by atoms with Crippen LogP contribution in [0.15, 0.2) is 42.5 Å². The van der Waals surface area contributed by atoms with Gasteiger partial charge in [-0.25, -0.2) is 0 Å². The van der Waals surface area contributed by atoms with Crippen molar-refractivity contribution in [1.82, 2.24) is 5.32 Å². The molecule has 1 atom stereocenters. The predicted molar refractivity (Wildman–Crippen MR) is 78.8 cm³/mol. The number of hydrogen-bond donors (Lipinski definition) is 2. The summed E-state index contributed by atoms with van der Waals surface area (Å²) in [7, 11) is 0. The zero-order valence-electron chi connectivity index (χ0n) is 11.4. The summed E-state index contributed by atoms with van der Waals surface area (Å²) in [4.78, 5) is 11.3. The second kappa shape index (κ2) is 5.41. The predicted octanol–water partition coefficient (Wildman–Crippen LogP) is 2.54. The largest absolute Gasteiger partial charge is 0.370 e. The summed E-state index contributed by atoms with van der Waals surface area (Å²) in [6.45, 7) is 4.84. The molecule has 0 spiro atoms. The van der Waals surface area contributed by atoms with Crippen molar-refractivity contribution >= 4 is 16.7 Å². The SMILES string of the molecule is CCNC(C)(CC(N)=O)c1ccc2ccccc2c1. The summed E-state index contributed by atoms with van der Waals surface area (Å²) in [6, 6.07) is 14.5. The van der Waals surface area contributed by atoms with E-state index in [1.54, 1.807) is 0 Å². The van der Waals surface area contributed by atoms with Crippen molar-refractivity contribution < 1.29 is 4.79 Å². The average Bonchev–Trinajstić information content (AvgIpc) is 2.37. The minimum absolute atomic E-state index is 0.291. The van der Waals surface area contributed by atoms with Gasteiger partial charge in [-0.1, -0.05) is 43.3 Å². The van der Waals surface area contributed by atoms with Crippen molar-refractivity contribution in [2.45, 2.75) is 25.8 Å². The highest BCUT2D eigenvalue weighted by molar-refractivity contribution is 5.83. The van der Waals surface area contributed by atoms with Crippen LogP contribution in [-0.2, 0) is 10.3 Å². The molecule has 0 aliphatic carbocycles. The van der Waals surface area contributed by atoms with Gasteiger partial charge in [-0.15, -0.1) is 0 Å². The van der Waals surface area contributed by atoms with E-state index >= 15 is 0 Å². The quantitative estimate of drug-likeness (QED) is 0.863. The molecule has 0 aromatic heterocycles. The fourth-order valence-corrected chi connectivity index (χ4v) is 2.54. The maximum atomic E-state index is 11.3. The van der Waals surface area contributed by atoms with Crippen molar-refractivity contribution in [3.63, 3.8) is 0 Å². The van der Waals surface area contributed by atoms with E-state index in [1.165, 1.54) is 10.8 Å². The van der Waals surface area contributed by atoms with Crippen LogP contribution in [0.5, 0.6) is 0 Å². The van der Waals surface area contributed by atoms with E-state index in [0.29, 0.717) is 6.42 Å². The van der Waals surface area contributed by atoms with E-state index in [0.717, 1.165) is 12.1 Å². The van der Waals surface area contributed by atoms with Crippen LogP contribution in [0.1, 0.15) is 25.8 Å². The Labute approximate surface area is 113 Å². The number of nitrogens with one attached hydrogen (secondary N) is 1. The molecule has 3 heteroatoms. The van der Waals surface area contributed by atoms with Crippen LogP contribution in [0.4, 0.5) is 0 Å². The first kappa shape index (κ1) is 13.6. The highest BCUT2D eigenvalue weighted by Crippen LogP contribution is 2.27. The first-order chi connectivity index (χ1) is 9.05. The molecule has 0 saturated heterocycles. The van der Waals surface area contributed by atoms with Crippen LogP contribution in [0, 0.1) is 0 Å². The summed E-state index contributed by atoms with van der Waals surface area (Å²) >= 11 is 0. The smallest absolute Gasteiger partial charge is 0.219 e. The fourth-order valence-electron chi connectivity index (χ4n) is 2.54. The van der Waals surface area contributed by atoms with Gasteiger partial charge < -0.3 is 11.1 Å². The summed E-state index contributed by atoms with van der Waals surface area (Å²) in [5.74, 6) is -0.295. The summed E-state index contributed by atoms with van der Waals surface area (Å²) < 4.78 is 0. The van der Waals surface area contributed by atoms with Gasteiger partial charge in [-0.2, -0.15) is 0 Å². The zero-order chi connectivity index (χ0) is 13.9. The number of hydrogen-bond acceptors (Lipinski definition) is 2. The zero-order valence-corrected chi connectivity index (χ0v) is 11.4. The molecule has 2 rings (SSSR count). The topological polar surface area (TPSA) is 55.1 Å². The van der Waals surface area contributed by atoms with Crippen LogP contribution >= 0.6 is 0 Å². The Morgan fingerprint density at radius 3 is 2.53 bits per heavy atom. The summed E-state index contributed by atoms with van der Waals surface area (Å²) in [5, 5.41) is 5.74. The minimum atomic E-state index is -0.412. The molecule has 2 aromatic carbocycles. The molecule has 1 amide bonds. The number of nitrogens with two attached hydrogens (primary N) is 1. The monoisotopic (exact) mass is 256 g/mol. The highest BCUT2D eigenvalue weighted by atomic mass is 16.1. The van der Waals surface area contributed by atoms with E-state index in [1.807, 2.05) is 26.0 Å². The van der Waals surface area contributed by atoms with Crippen LogP contribution in [-0.4, -0.2) is 12.5 Å². The van der Waals surface area contributed by atoms with Crippen LogP contribution in [0.2, 0.25) is 0 Å². The van der Waals surface area contributed by atoms with E-state index in [-0.39, 0.29) is 5.91 Å². The van der Waals surface area contributed by atoms with Crippen molar-refractivity contribution in [3.8, 4) is 0 Å². The van der Waals surface area contributed by atoms with E-state index in [2.05, 4.69) is 35.6 Å². The fraction of sp³-hybridized carbons (Fsp3) is 0.312. The van der Waals surface area contributed by atoms with Gasteiger partial charge in [0.05, 0.1) is 0 Å². The number of benzene rings is 2. The molecule has 0 bridgehead atoms. The molecule has 0 fully saturated rings. The van der Waals surface area contributed by atoms with Crippen LogP contribution in [0.3, 0.4) is 0 Å². The Morgan fingerprint density at radius 2 is 1.89 bits per heavy atom. The number of fused-ring (bicyclic) bond motifs is 1. The van der Waals surface area contributed by atoms with Gasteiger partial charge in [0, 0.05) is 12.0 Å². The third kappa shape index (κ3) is 2.93. The molecular weight excluding hydrogens is 236 g/mol. The molecule has 0 radical (unpaired) electrons. The Bertz CT molecular complexity index is 594. The molecule has 3 nitrogen and oxygen atoms in total. The maximum absolute atomic E-state index is 11.3. The van der Waals surface area contributed by atoms with Crippen molar-refractivity contribution in [2.24, 2.45) is 5.73 Å². The van der Waals surface area contributed by atoms with Crippen molar-refractivity contribution in [1.29, 1.82) is 0 Å². The van der Waals surface area contributed by atoms with Gasteiger partial charge in [-0.3, -0.25) is 4.79 Å². The van der Waals surface area contributed by atoms with E-state index < -0.39 is 5.54 Å². The molecule has 0 aliphatic rings. The average molecular weight is 256 g/mol. The third-order valence-electron chi connectivity index (χ3n) is 3.48.